The SMILES string of the molecule is COc1ccc(NC(=O)c2ccc(CN3CCN(Cc4nc(C(C)C)no4)CC3)cc2)cc1. The Morgan fingerprint density at radius 2 is 1.64 bits per heavy atom. The summed E-state index contributed by atoms with van der Waals surface area (Å²) in [4.78, 5) is 21.8. The molecule has 1 amide bonds. The number of anilines is 1. The second-order valence-electron chi connectivity index (χ2n) is 8.63. The average Bonchev–Trinajstić information content (AvgIpc) is 3.30. The number of ether oxygens (including phenoxy) is 1. The predicted octanol–water partition coefficient (Wildman–Crippen LogP) is 3.77. The first-order valence-corrected chi connectivity index (χ1v) is 11.3. The van der Waals surface area contributed by atoms with Gasteiger partial charge in [-0.05, 0) is 42.0 Å². The number of rotatable bonds is 8. The molecule has 8 nitrogen and oxygen atoms in total. The second kappa shape index (κ2) is 10.6. The minimum Gasteiger partial charge on any atom is -0.497 e. The van der Waals surface area contributed by atoms with Crippen LogP contribution >= 0.6 is 0 Å². The third-order valence-corrected chi connectivity index (χ3v) is 5.79. The van der Waals surface area contributed by atoms with Gasteiger partial charge >= 0.3 is 0 Å². The van der Waals surface area contributed by atoms with E-state index < -0.39 is 0 Å². The molecular formula is C25H31N5O3. The Bertz CT molecular complexity index is 1040. The van der Waals surface area contributed by atoms with Crippen molar-refractivity contribution < 1.29 is 14.1 Å². The number of carbonyl (C=O) groups excluding carboxylic acids is 1. The normalized spacial score (nSPS) is 15.0. The van der Waals surface area contributed by atoms with E-state index in [9.17, 15) is 4.79 Å². The zero-order chi connectivity index (χ0) is 23.2. The first kappa shape index (κ1) is 22.9. The maximum Gasteiger partial charge on any atom is 0.255 e. The van der Waals surface area contributed by atoms with Gasteiger partial charge in [0.25, 0.3) is 5.91 Å². The van der Waals surface area contributed by atoms with Gasteiger partial charge in [-0.25, -0.2) is 0 Å². The number of aromatic nitrogens is 2. The molecule has 1 aliphatic heterocycles. The first-order valence-electron chi connectivity index (χ1n) is 11.3. The Morgan fingerprint density at radius 1 is 1.00 bits per heavy atom. The van der Waals surface area contributed by atoms with Gasteiger partial charge in [-0.1, -0.05) is 31.1 Å². The van der Waals surface area contributed by atoms with Crippen molar-refractivity contribution in [3.63, 3.8) is 0 Å². The van der Waals surface area contributed by atoms with Crippen LogP contribution in [0.2, 0.25) is 0 Å². The number of carbonyl (C=O) groups is 1. The molecule has 2 aromatic carbocycles. The molecule has 1 aliphatic rings. The van der Waals surface area contributed by atoms with E-state index >= 15 is 0 Å². The highest BCUT2D eigenvalue weighted by Crippen LogP contribution is 2.17. The van der Waals surface area contributed by atoms with Crippen molar-refractivity contribution in [3.05, 3.63) is 71.4 Å². The summed E-state index contributed by atoms with van der Waals surface area (Å²) < 4.78 is 10.5. The van der Waals surface area contributed by atoms with Crippen LogP contribution in [0.3, 0.4) is 0 Å². The van der Waals surface area contributed by atoms with Crippen molar-refractivity contribution in [1.29, 1.82) is 0 Å². The molecule has 1 saturated heterocycles. The van der Waals surface area contributed by atoms with Crippen molar-refractivity contribution in [2.45, 2.75) is 32.9 Å². The number of amides is 1. The summed E-state index contributed by atoms with van der Waals surface area (Å²) in [6, 6.07) is 15.1. The number of hydrogen-bond donors (Lipinski definition) is 1. The summed E-state index contributed by atoms with van der Waals surface area (Å²) in [6.45, 7) is 9.57. The molecule has 0 unspecified atom stereocenters. The van der Waals surface area contributed by atoms with E-state index in [0.717, 1.165) is 50.0 Å². The highest BCUT2D eigenvalue weighted by molar-refractivity contribution is 6.04. The van der Waals surface area contributed by atoms with Gasteiger partial charge in [-0.2, -0.15) is 4.98 Å². The number of piperazine rings is 1. The van der Waals surface area contributed by atoms with Gasteiger partial charge in [0, 0.05) is 49.9 Å². The van der Waals surface area contributed by atoms with E-state index in [1.54, 1.807) is 7.11 Å². The van der Waals surface area contributed by atoms with Crippen LogP contribution in [0, 0.1) is 0 Å². The third kappa shape index (κ3) is 6.18. The lowest BCUT2D eigenvalue weighted by molar-refractivity contribution is 0.102. The molecule has 0 bridgehead atoms. The highest BCUT2D eigenvalue weighted by Gasteiger charge is 2.20. The number of hydrogen-bond acceptors (Lipinski definition) is 7. The number of benzene rings is 2. The molecule has 1 fully saturated rings. The van der Waals surface area contributed by atoms with Crippen LogP contribution in [0.1, 0.15) is 47.4 Å². The predicted molar refractivity (Wildman–Crippen MR) is 126 cm³/mol. The summed E-state index contributed by atoms with van der Waals surface area (Å²) in [5, 5.41) is 6.96. The molecule has 1 aromatic heterocycles. The minimum atomic E-state index is -0.123. The molecule has 0 atom stereocenters. The molecule has 2 heterocycles. The van der Waals surface area contributed by atoms with Crippen molar-refractivity contribution in [1.82, 2.24) is 19.9 Å². The van der Waals surface area contributed by atoms with Gasteiger partial charge in [0.1, 0.15) is 5.75 Å². The largest absolute Gasteiger partial charge is 0.497 e. The van der Waals surface area contributed by atoms with Crippen molar-refractivity contribution in [2.75, 3.05) is 38.6 Å². The van der Waals surface area contributed by atoms with Crippen LogP contribution in [0.15, 0.2) is 53.1 Å². The maximum absolute atomic E-state index is 12.5. The monoisotopic (exact) mass is 449 g/mol. The van der Waals surface area contributed by atoms with E-state index in [2.05, 4.69) is 39.1 Å². The number of nitrogens with zero attached hydrogens (tertiary/aromatic N) is 4. The maximum atomic E-state index is 12.5. The highest BCUT2D eigenvalue weighted by atomic mass is 16.5. The Labute approximate surface area is 194 Å². The van der Waals surface area contributed by atoms with E-state index in [4.69, 9.17) is 9.26 Å². The summed E-state index contributed by atoms with van der Waals surface area (Å²) in [6.07, 6.45) is 0. The molecule has 33 heavy (non-hydrogen) atoms. The summed E-state index contributed by atoms with van der Waals surface area (Å²) in [5.41, 5.74) is 2.58. The average molecular weight is 450 g/mol. The fourth-order valence-electron chi connectivity index (χ4n) is 3.76. The second-order valence-corrected chi connectivity index (χ2v) is 8.63. The summed E-state index contributed by atoms with van der Waals surface area (Å²) in [7, 11) is 1.62. The van der Waals surface area contributed by atoms with Crippen LogP contribution in [-0.2, 0) is 13.1 Å². The van der Waals surface area contributed by atoms with Crippen molar-refractivity contribution >= 4 is 11.6 Å². The molecule has 4 rings (SSSR count). The Balaban J connectivity index is 1.24. The molecule has 174 valence electrons. The van der Waals surface area contributed by atoms with Crippen molar-refractivity contribution in [3.8, 4) is 5.75 Å². The van der Waals surface area contributed by atoms with Gasteiger partial charge in [0.15, 0.2) is 5.82 Å². The lowest BCUT2D eigenvalue weighted by Crippen LogP contribution is -2.45. The fourth-order valence-corrected chi connectivity index (χ4v) is 3.76. The summed E-state index contributed by atoms with van der Waals surface area (Å²) >= 11 is 0. The molecule has 0 aliphatic carbocycles. The Hall–Kier alpha value is -3.23. The van der Waals surface area contributed by atoms with E-state index in [0.29, 0.717) is 18.0 Å². The van der Waals surface area contributed by atoms with Gasteiger partial charge in [-0.15, -0.1) is 0 Å². The Morgan fingerprint density at radius 3 is 2.21 bits per heavy atom. The smallest absolute Gasteiger partial charge is 0.255 e. The molecular weight excluding hydrogens is 418 g/mol. The number of methoxy groups -OCH3 is 1. The lowest BCUT2D eigenvalue weighted by Gasteiger charge is -2.33. The van der Waals surface area contributed by atoms with Crippen LogP contribution < -0.4 is 10.1 Å². The van der Waals surface area contributed by atoms with Crippen LogP contribution in [0.5, 0.6) is 5.75 Å². The van der Waals surface area contributed by atoms with E-state index in [-0.39, 0.29) is 11.8 Å². The third-order valence-electron chi connectivity index (χ3n) is 5.79. The molecule has 8 heteroatoms. The van der Waals surface area contributed by atoms with Gasteiger partial charge < -0.3 is 14.6 Å². The van der Waals surface area contributed by atoms with Crippen LogP contribution in [-0.4, -0.2) is 59.1 Å². The topological polar surface area (TPSA) is 83.7 Å². The fraction of sp³-hybridized carbons (Fsp3) is 0.400. The van der Waals surface area contributed by atoms with Gasteiger partial charge in [0.2, 0.25) is 5.89 Å². The first-order chi connectivity index (χ1) is 16.0. The molecule has 1 N–H and O–H groups in total. The van der Waals surface area contributed by atoms with Crippen LogP contribution in [0.4, 0.5) is 5.69 Å². The standard InChI is InChI=1S/C25H31N5O3/c1-18(2)24-27-23(33-28-24)17-30-14-12-29(13-15-30)16-19-4-6-20(7-5-19)25(31)26-21-8-10-22(32-3)11-9-21/h4-11,18H,12-17H2,1-3H3,(H,26,31). The zero-order valence-electron chi connectivity index (χ0n) is 19.5. The quantitative estimate of drug-likeness (QED) is 0.560. The number of nitrogens with one attached hydrogen (secondary N) is 1. The zero-order valence-corrected chi connectivity index (χ0v) is 19.5. The Kier molecular flexibility index (Phi) is 7.36. The lowest BCUT2D eigenvalue weighted by atomic mass is 10.1. The van der Waals surface area contributed by atoms with Gasteiger partial charge in [-0.3, -0.25) is 14.6 Å². The minimum absolute atomic E-state index is 0.123. The van der Waals surface area contributed by atoms with Crippen LogP contribution in [0.25, 0.3) is 0 Å². The van der Waals surface area contributed by atoms with Crippen molar-refractivity contribution in [2.24, 2.45) is 0 Å². The summed E-state index contributed by atoms with van der Waals surface area (Å²) in [5.74, 6) is 2.37. The van der Waals surface area contributed by atoms with E-state index in [1.165, 1.54) is 5.56 Å². The molecule has 0 radical (unpaired) electrons. The molecule has 0 saturated carbocycles. The van der Waals surface area contributed by atoms with E-state index in [1.807, 2.05) is 48.5 Å². The molecule has 0 spiro atoms. The molecule has 3 aromatic rings. The van der Waals surface area contributed by atoms with Gasteiger partial charge in [0.05, 0.1) is 13.7 Å².